The van der Waals surface area contributed by atoms with Crippen LogP contribution in [0.5, 0.6) is 0 Å². The van der Waals surface area contributed by atoms with E-state index in [0.29, 0.717) is 16.6 Å². The molecule has 1 saturated heterocycles. The number of carbonyl (C=O) groups excluding carboxylic acids is 1. The number of amides is 2. The van der Waals surface area contributed by atoms with Crippen molar-refractivity contribution < 1.29 is 13.2 Å². The molecule has 0 saturated carbocycles. The molecule has 0 unspecified atom stereocenters. The van der Waals surface area contributed by atoms with Gasteiger partial charge in [0.15, 0.2) is 9.84 Å². The summed E-state index contributed by atoms with van der Waals surface area (Å²) in [7, 11) is -3.45. The summed E-state index contributed by atoms with van der Waals surface area (Å²) in [5.41, 5.74) is 0.920. The number of hydrogen-bond acceptors (Lipinski definition) is 3. The van der Waals surface area contributed by atoms with Crippen LogP contribution in [0.3, 0.4) is 0 Å². The summed E-state index contributed by atoms with van der Waals surface area (Å²) in [6, 6.07) is 12.9. The summed E-state index contributed by atoms with van der Waals surface area (Å²) in [6.45, 7) is 0.718. The maximum Gasteiger partial charge on any atom is 0.317 e. The Kier molecular flexibility index (Phi) is 5.22. The SMILES string of the molecule is O=C(NCc1ccc(Cl)cc1)N1CC(S(=O)(=O)c2ccc(Cl)cc2)C1. The van der Waals surface area contributed by atoms with Crippen molar-refractivity contribution in [1.29, 1.82) is 0 Å². The first-order valence-electron chi connectivity index (χ1n) is 7.63. The minimum atomic E-state index is -3.45. The van der Waals surface area contributed by atoms with Gasteiger partial charge in [-0.25, -0.2) is 13.2 Å². The highest BCUT2D eigenvalue weighted by atomic mass is 35.5. The average Bonchev–Trinajstić information content (AvgIpc) is 2.53. The third kappa shape index (κ3) is 4.08. The second kappa shape index (κ2) is 7.23. The van der Waals surface area contributed by atoms with Crippen LogP contribution in [0.1, 0.15) is 5.56 Å². The predicted octanol–water partition coefficient (Wildman–Crippen LogP) is 3.36. The number of halogens is 2. The lowest BCUT2D eigenvalue weighted by Gasteiger charge is -2.38. The third-order valence-electron chi connectivity index (χ3n) is 4.07. The molecular formula is C17H16Cl2N2O3S. The summed E-state index contributed by atoms with van der Waals surface area (Å²) in [5.74, 6) is 0. The zero-order chi connectivity index (χ0) is 18.0. The summed E-state index contributed by atoms with van der Waals surface area (Å²) in [4.78, 5) is 13.8. The average molecular weight is 399 g/mol. The van der Waals surface area contributed by atoms with Crippen LogP contribution in [-0.4, -0.2) is 37.7 Å². The van der Waals surface area contributed by atoms with Crippen molar-refractivity contribution in [2.45, 2.75) is 16.7 Å². The molecule has 132 valence electrons. The number of nitrogens with zero attached hydrogens (tertiary/aromatic N) is 1. The maximum absolute atomic E-state index is 12.5. The lowest BCUT2D eigenvalue weighted by Crippen LogP contribution is -2.59. The predicted molar refractivity (Wildman–Crippen MR) is 97.7 cm³/mol. The fourth-order valence-electron chi connectivity index (χ4n) is 2.51. The van der Waals surface area contributed by atoms with Crippen LogP contribution >= 0.6 is 23.2 Å². The zero-order valence-corrected chi connectivity index (χ0v) is 15.5. The highest BCUT2D eigenvalue weighted by Crippen LogP contribution is 2.25. The van der Waals surface area contributed by atoms with Crippen LogP contribution in [0, 0.1) is 0 Å². The minimum Gasteiger partial charge on any atom is -0.334 e. The Hall–Kier alpha value is -1.76. The Labute approximate surface area is 156 Å². The lowest BCUT2D eigenvalue weighted by molar-refractivity contribution is 0.169. The number of rotatable bonds is 4. The van der Waals surface area contributed by atoms with E-state index in [4.69, 9.17) is 23.2 Å². The number of likely N-dealkylation sites (tertiary alicyclic amines) is 1. The van der Waals surface area contributed by atoms with Gasteiger partial charge in [-0.2, -0.15) is 0 Å². The van der Waals surface area contributed by atoms with Gasteiger partial charge in [-0.3, -0.25) is 0 Å². The summed E-state index contributed by atoms with van der Waals surface area (Å²) in [5, 5.41) is 3.30. The van der Waals surface area contributed by atoms with E-state index < -0.39 is 15.1 Å². The van der Waals surface area contributed by atoms with Gasteiger partial charge < -0.3 is 10.2 Å². The zero-order valence-electron chi connectivity index (χ0n) is 13.2. The molecular weight excluding hydrogens is 383 g/mol. The molecule has 1 aliphatic heterocycles. The molecule has 25 heavy (non-hydrogen) atoms. The van der Waals surface area contributed by atoms with Gasteiger partial charge in [-0.15, -0.1) is 0 Å². The van der Waals surface area contributed by atoms with Gasteiger partial charge in [0.2, 0.25) is 0 Å². The lowest BCUT2D eigenvalue weighted by atomic mass is 10.2. The second-order valence-electron chi connectivity index (χ2n) is 5.81. The van der Waals surface area contributed by atoms with Crippen molar-refractivity contribution in [2.24, 2.45) is 0 Å². The number of sulfone groups is 1. The van der Waals surface area contributed by atoms with E-state index in [9.17, 15) is 13.2 Å². The molecule has 5 nitrogen and oxygen atoms in total. The topological polar surface area (TPSA) is 66.5 Å². The van der Waals surface area contributed by atoms with Crippen LogP contribution in [0.25, 0.3) is 0 Å². The van der Waals surface area contributed by atoms with Crippen molar-refractivity contribution >= 4 is 39.1 Å². The highest BCUT2D eigenvalue weighted by molar-refractivity contribution is 7.92. The maximum atomic E-state index is 12.5. The molecule has 0 aliphatic carbocycles. The normalized spacial score (nSPS) is 14.9. The largest absolute Gasteiger partial charge is 0.334 e. The molecule has 1 heterocycles. The van der Waals surface area contributed by atoms with Crippen molar-refractivity contribution in [3.63, 3.8) is 0 Å². The Morgan fingerprint density at radius 1 is 1.00 bits per heavy atom. The molecule has 0 aromatic heterocycles. The monoisotopic (exact) mass is 398 g/mol. The number of urea groups is 1. The Morgan fingerprint density at radius 2 is 1.52 bits per heavy atom. The first kappa shape index (κ1) is 18.0. The molecule has 1 N–H and O–H groups in total. The number of nitrogens with one attached hydrogen (secondary N) is 1. The van der Waals surface area contributed by atoms with E-state index in [1.165, 1.54) is 17.0 Å². The van der Waals surface area contributed by atoms with Crippen molar-refractivity contribution in [3.05, 3.63) is 64.1 Å². The van der Waals surface area contributed by atoms with Crippen LogP contribution in [0.15, 0.2) is 53.4 Å². The fraction of sp³-hybridized carbons (Fsp3) is 0.235. The molecule has 0 bridgehead atoms. The van der Waals surface area contributed by atoms with Crippen molar-refractivity contribution in [2.75, 3.05) is 13.1 Å². The van der Waals surface area contributed by atoms with Gasteiger partial charge in [0.1, 0.15) is 5.25 Å². The molecule has 0 radical (unpaired) electrons. The van der Waals surface area contributed by atoms with E-state index >= 15 is 0 Å². The van der Waals surface area contributed by atoms with Gasteiger partial charge >= 0.3 is 6.03 Å². The molecule has 1 fully saturated rings. The van der Waals surface area contributed by atoms with E-state index in [2.05, 4.69) is 5.32 Å². The van der Waals surface area contributed by atoms with Crippen LogP contribution in [0.2, 0.25) is 10.0 Å². The van der Waals surface area contributed by atoms with Gasteiger partial charge in [-0.05, 0) is 42.0 Å². The molecule has 1 aliphatic rings. The number of carbonyl (C=O) groups is 1. The fourth-order valence-corrected chi connectivity index (χ4v) is 4.41. The van der Waals surface area contributed by atoms with Crippen molar-refractivity contribution in [3.8, 4) is 0 Å². The smallest absolute Gasteiger partial charge is 0.317 e. The Balaban J connectivity index is 1.53. The standard InChI is InChI=1S/C17H16Cl2N2O3S/c18-13-3-1-12(2-4-13)9-20-17(22)21-10-16(11-21)25(23,24)15-7-5-14(19)6-8-15/h1-8,16H,9-11H2,(H,20,22). The number of benzene rings is 2. The third-order valence-corrected chi connectivity index (χ3v) is 6.68. The molecule has 2 aromatic carbocycles. The molecule has 0 atom stereocenters. The molecule has 8 heteroatoms. The quantitative estimate of drug-likeness (QED) is 0.858. The highest BCUT2D eigenvalue weighted by Gasteiger charge is 2.40. The van der Waals surface area contributed by atoms with E-state index in [-0.39, 0.29) is 24.0 Å². The van der Waals surface area contributed by atoms with Crippen LogP contribution in [0.4, 0.5) is 4.79 Å². The first-order chi connectivity index (χ1) is 11.9. The summed E-state index contributed by atoms with van der Waals surface area (Å²) < 4.78 is 25.0. The minimum absolute atomic E-state index is 0.178. The van der Waals surface area contributed by atoms with Gasteiger partial charge in [0.05, 0.1) is 4.90 Å². The molecule has 2 amide bonds. The van der Waals surface area contributed by atoms with Crippen LogP contribution in [-0.2, 0) is 16.4 Å². The van der Waals surface area contributed by atoms with E-state index in [1.54, 1.807) is 24.3 Å². The molecule has 2 aromatic rings. The second-order valence-corrected chi connectivity index (χ2v) is 8.91. The molecule has 0 spiro atoms. The Bertz CT molecular complexity index is 862. The van der Waals surface area contributed by atoms with Gasteiger partial charge in [0.25, 0.3) is 0 Å². The van der Waals surface area contributed by atoms with Gasteiger partial charge in [-0.1, -0.05) is 35.3 Å². The number of hydrogen-bond donors (Lipinski definition) is 1. The Morgan fingerprint density at radius 3 is 2.08 bits per heavy atom. The summed E-state index contributed by atoms with van der Waals surface area (Å²) in [6.07, 6.45) is 0. The van der Waals surface area contributed by atoms with Gasteiger partial charge in [0, 0.05) is 29.7 Å². The molecule has 3 rings (SSSR count). The van der Waals surface area contributed by atoms with E-state index in [0.717, 1.165) is 5.56 Å². The first-order valence-corrected chi connectivity index (χ1v) is 9.93. The van der Waals surface area contributed by atoms with Crippen LogP contribution < -0.4 is 5.32 Å². The van der Waals surface area contributed by atoms with E-state index in [1.807, 2.05) is 12.1 Å². The summed E-state index contributed by atoms with van der Waals surface area (Å²) >= 11 is 11.6. The van der Waals surface area contributed by atoms with Crippen molar-refractivity contribution in [1.82, 2.24) is 10.2 Å².